The number of alkyl carbamates (subject to hydrolysis) is 2. The molecule has 1 fully saturated rings. The molecule has 1 heterocycles. The van der Waals surface area contributed by atoms with E-state index in [0.717, 1.165) is 10.5 Å². The van der Waals surface area contributed by atoms with E-state index in [1.54, 1.807) is 58.9 Å². The standard InChI is InChI=1S/C26H37N3O9/c1-6-35-21(31)26(22(32)36-7-2)14-11-15-29(26)20(30)19(16-27-23(33)38-25(3,4)5)28-24(34)37-17-18-12-9-8-10-13-18/h8-10,12-13,19H,6-7,11,14-17H2,1-5H3,(H,27,33)(H,28,34)/t19-/m1/s1. The van der Waals surface area contributed by atoms with Crippen LogP contribution in [0.25, 0.3) is 0 Å². The van der Waals surface area contributed by atoms with Crippen LogP contribution >= 0.6 is 0 Å². The zero-order valence-electron chi connectivity index (χ0n) is 22.5. The summed E-state index contributed by atoms with van der Waals surface area (Å²) >= 11 is 0. The lowest BCUT2D eigenvalue weighted by Gasteiger charge is -2.36. The molecule has 210 valence electrons. The van der Waals surface area contributed by atoms with Crippen LogP contribution in [0.4, 0.5) is 9.59 Å². The van der Waals surface area contributed by atoms with E-state index in [4.69, 9.17) is 18.9 Å². The second-order valence-electron chi connectivity index (χ2n) is 9.54. The summed E-state index contributed by atoms with van der Waals surface area (Å²) in [7, 11) is 0. The Kier molecular flexibility index (Phi) is 10.9. The van der Waals surface area contributed by atoms with Gasteiger partial charge in [-0.1, -0.05) is 30.3 Å². The van der Waals surface area contributed by atoms with Crippen LogP contribution in [0.5, 0.6) is 0 Å². The van der Waals surface area contributed by atoms with E-state index < -0.39 is 53.8 Å². The Balaban J connectivity index is 2.28. The van der Waals surface area contributed by atoms with Crippen LogP contribution in [-0.4, -0.2) is 78.4 Å². The Morgan fingerprint density at radius 1 is 0.947 bits per heavy atom. The Bertz CT molecular complexity index is 973. The molecular weight excluding hydrogens is 498 g/mol. The molecule has 0 aromatic heterocycles. The van der Waals surface area contributed by atoms with Gasteiger partial charge in [0.05, 0.1) is 19.8 Å². The van der Waals surface area contributed by atoms with Crippen LogP contribution < -0.4 is 10.6 Å². The van der Waals surface area contributed by atoms with Gasteiger partial charge in [0.1, 0.15) is 18.2 Å². The molecule has 1 aliphatic rings. The van der Waals surface area contributed by atoms with Gasteiger partial charge in [0, 0.05) is 6.54 Å². The summed E-state index contributed by atoms with van der Waals surface area (Å²) in [6.45, 7) is 7.71. The van der Waals surface area contributed by atoms with Crippen molar-refractivity contribution in [2.45, 2.75) is 71.2 Å². The third kappa shape index (κ3) is 8.09. The quantitative estimate of drug-likeness (QED) is 0.261. The molecule has 1 aromatic rings. The molecule has 1 saturated heterocycles. The predicted octanol–water partition coefficient (Wildman–Crippen LogP) is 2.29. The van der Waals surface area contributed by atoms with E-state index in [2.05, 4.69) is 10.6 Å². The number of carbonyl (C=O) groups excluding carboxylic acids is 5. The number of hydrogen-bond donors (Lipinski definition) is 2. The molecule has 1 atom stereocenters. The van der Waals surface area contributed by atoms with Crippen LogP contribution in [0.3, 0.4) is 0 Å². The molecule has 0 bridgehead atoms. The van der Waals surface area contributed by atoms with E-state index >= 15 is 0 Å². The van der Waals surface area contributed by atoms with E-state index in [1.165, 1.54) is 0 Å². The summed E-state index contributed by atoms with van der Waals surface area (Å²) in [5.41, 5.74) is -2.09. The highest BCUT2D eigenvalue weighted by Crippen LogP contribution is 2.33. The summed E-state index contributed by atoms with van der Waals surface area (Å²) in [5, 5.41) is 4.88. The molecular formula is C26H37N3O9. The zero-order valence-corrected chi connectivity index (χ0v) is 22.5. The van der Waals surface area contributed by atoms with Crippen molar-refractivity contribution in [3.63, 3.8) is 0 Å². The number of benzene rings is 1. The summed E-state index contributed by atoms with van der Waals surface area (Å²) in [6.07, 6.45) is -1.46. The number of hydrogen-bond acceptors (Lipinski definition) is 9. The van der Waals surface area contributed by atoms with E-state index in [9.17, 15) is 24.0 Å². The molecule has 2 rings (SSSR count). The minimum atomic E-state index is -2.01. The normalized spacial score (nSPS) is 15.1. The first kappa shape index (κ1) is 30.4. The van der Waals surface area contributed by atoms with Gasteiger partial charge in [-0.15, -0.1) is 0 Å². The van der Waals surface area contributed by atoms with Gasteiger partial charge >= 0.3 is 24.1 Å². The molecule has 12 heteroatoms. The van der Waals surface area contributed by atoms with Crippen molar-refractivity contribution in [3.05, 3.63) is 35.9 Å². The maximum atomic E-state index is 13.7. The molecule has 0 spiro atoms. The number of carbonyl (C=O) groups is 5. The highest BCUT2D eigenvalue weighted by atomic mass is 16.6. The Morgan fingerprint density at radius 2 is 1.55 bits per heavy atom. The molecule has 12 nitrogen and oxygen atoms in total. The second kappa shape index (κ2) is 13.6. The van der Waals surface area contributed by atoms with Crippen molar-refractivity contribution in [2.24, 2.45) is 0 Å². The van der Waals surface area contributed by atoms with Gasteiger partial charge in [-0.05, 0) is 53.0 Å². The maximum Gasteiger partial charge on any atom is 0.408 e. The van der Waals surface area contributed by atoms with Crippen molar-refractivity contribution >= 4 is 30.0 Å². The van der Waals surface area contributed by atoms with E-state index in [-0.39, 0.29) is 32.8 Å². The van der Waals surface area contributed by atoms with Gasteiger partial charge in [-0.3, -0.25) is 4.79 Å². The second-order valence-corrected chi connectivity index (χ2v) is 9.54. The Labute approximate surface area is 222 Å². The van der Waals surface area contributed by atoms with E-state index in [0.29, 0.717) is 6.42 Å². The van der Waals surface area contributed by atoms with Crippen molar-refractivity contribution < 1.29 is 42.9 Å². The molecule has 3 amide bonds. The number of esters is 2. The maximum absolute atomic E-state index is 13.7. The predicted molar refractivity (Wildman–Crippen MR) is 135 cm³/mol. The van der Waals surface area contributed by atoms with Crippen LogP contribution in [0.15, 0.2) is 30.3 Å². The average Bonchev–Trinajstić information content (AvgIpc) is 3.31. The van der Waals surface area contributed by atoms with Crippen LogP contribution in [0, 0.1) is 0 Å². The average molecular weight is 536 g/mol. The van der Waals surface area contributed by atoms with Crippen LogP contribution in [0.2, 0.25) is 0 Å². The lowest BCUT2D eigenvalue weighted by Crippen LogP contribution is -2.64. The third-order valence-corrected chi connectivity index (χ3v) is 5.53. The fourth-order valence-electron chi connectivity index (χ4n) is 3.92. The minimum Gasteiger partial charge on any atom is -0.464 e. The molecule has 1 aliphatic heterocycles. The Morgan fingerprint density at radius 3 is 2.11 bits per heavy atom. The fraction of sp³-hybridized carbons (Fsp3) is 0.577. The summed E-state index contributed by atoms with van der Waals surface area (Å²) in [5.74, 6) is -2.64. The lowest BCUT2D eigenvalue weighted by molar-refractivity contribution is -0.176. The minimum absolute atomic E-state index is 0.0128. The van der Waals surface area contributed by atoms with Crippen LogP contribution in [0.1, 0.15) is 53.0 Å². The van der Waals surface area contributed by atoms with Crippen molar-refractivity contribution in [2.75, 3.05) is 26.3 Å². The summed E-state index contributed by atoms with van der Waals surface area (Å²) < 4.78 is 20.7. The van der Waals surface area contributed by atoms with E-state index in [1.807, 2.05) is 6.07 Å². The molecule has 1 aromatic carbocycles. The van der Waals surface area contributed by atoms with Gasteiger partial charge in [0.2, 0.25) is 11.4 Å². The highest BCUT2D eigenvalue weighted by Gasteiger charge is 2.59. The molecule has 0 saturated carbocycles. The Hall–Kier alpha value is -3.83. The van der Waals surface area contributed by atoms with Crippen molar-refractivity contribution in [1.29, 1.82) is 0 Å². The van der Waals surface area contributed by atoms with Gasteiger partial charge < -0.3 is 34.5 Å². The van der Waals surface area contributed by atoms with Gasteiger partial charge in [-0.2, -0.15) is 0 Å². The SMILES string of the molecule is CCOC(=O)C1(C(=O)OCC)CCCN1C(=O)[C@@H](CNC(=O)OC(C)(C)C)NC(=O)OCc1ccccc1. The largest absolute Gasteiger partial charge is 0.464 e. The molecule has 0 radical (unpaired) electrons. The van der Waals surface area contributed by atoms with Gasteiger partial charge in [0.25, 0.3) is 0 Å². The number of nitrogens with one attached hydrogen (secondary N) is 2. The summed E-state index contributed by atoms with van der Waals surface area (Å²) in [4.78, 5) is 65.7. The monoisotopic (exact) mass is 535 g/mol. The molecule has 38 heavy (non-hydrogen) atoms. The zero-order chi connectivity index (χ0) is 28.3. The first-order valence-corrected chi connectivity index (χ1v) is 12.5. The number of amides is 3. The number of nitrogens with zero attached hydrogens (tertiary/aromatic N) is 1. The van der Waals surface area contributed by atoms with Crippen LogP contribution in [-0.2, 0) is 39.9 Å². The van der Waals surface area contributed by atoms with Crippen molar-refractivity contribution in [3.8, 4) is 0 Å². The molecule has 0 aliphatic carbocycles. The molecule has 2 N–H and O–H groups in total. The third-order valence-electron chi connectivity index (χ3n) is 5.53. The summed E-state index contributed by atoms with van der Waals surface area (Å²) in [6, 6.07) is 7.51. The number of rotatable bonds is 10. The number of likely N-dealkylation sites (tertiary alicyclic amines) is 1. The first-order valence-electron chi connectivity index (χ1n) is 12.5. The first-order chi connectivity index (χ1) is 17.9. The topological polar surface area (TPSA) is 150 Å². The smallest absolute Gasteiger partial charge is 0.408 e. The highest BCUT2D eigenvalue weighted by molar-refractivity contribution is 6.09. The van der Waals surface area contributed by atoms with Crippen molar-refractivity contribution in [1.82, 2.24) is 15.5 Å². The fourth-order valence-corrected chi connectivity index (χ4v) is 3.92. The number of ether oxygens (including phenoxy) is 4. The van der Waals surface area contributed by atoms with Gasteiger partial charge in [0.15, 0.2) is 0 Å². The molecule has 0 unspecified atom stereocenters. The lowest BCUT2D eigenvalue weighted by atomic mass is 9.95. The van der Waals surface area contributed by atoms with Gasteiger partial charge in [-0.25, -0.2) is 19.2 Å².